The summed E-state index contributed by atoms with van der Waals surface area (Å²) in [5.74, 6) is 0.242. The lowest BCUT2D eigenvalue weighted by atomic mass is 10.2. The molecule has 12 heavy (non-hydrogen) atoms. The maximum Gasteiger partial charge on any atom is 0.140 e. The van der Waals surface area contributed by atoms with Gasteiger partial charge >= 0.3 is 0 Å². The molecule has 70 valence electrons. The fourth-order valence-electron chi connectivity index (χ4n) is 0.930. The van der Waals surface area contributed by atoms with Crippen LogP contribution in [-0.2, 0) is 0 Å². The van der Waals surface area contributed by atoms with Crippen LogP contribution in [0.1, 0.15) is 20.3 Å². The van der Waals surface area contributed by atoms with Gasteiger partial charge in [-0.1, -0.05) is 11.2 Å². The molecule has 0 bridgehead atoms. The van der Waals surface area contributed by atoms with E-state index in [1.165, 1.54) is 0 Å². The first kappa shape index (κ1) is 11.0. The molecule has 4 nitrogen and oxygen atoms in total. The van der Waals surface area contributed by atoms with E-state index in [0.717, 1.165) is 0 Å². The van der Waals surface area contributed by atoms with Crippen molar-refractivity contribution in [1.29, 1.82) is 0 Å². The molecule has 0 fully saturated rings. The van der Waals surface area contributed by atoms with E-state index in [4.69, 9.17) is 10.9 Å². The molecule has 0 aliphatic carbocycles. The van der Waals surface area contributed by atoms with Crippen LogP contribution in [0.2, 0.25) is 0 Å². The molecule has 2 atom stereocenters. The Morgan fingerprint density at radius 1 is 1.75 bits per heavy atom. The van der Waals surface area contributed by atoms with E-state index >= 15 is 0 Å². The number of amidine groups is 1. The second-order valence-corrected chi connectivity index (χ2v) is 2.89. The number of rotatable bonds is 5. The molecule has 0 saturated carbocycles. The summed E-state index contributed by atoms with van der Waals surface area (Å²) < 4.78 is 0. The van der Waals surface area contributed by atoms with E-state index in [2.05, 4.69) is 17.1 Å². The van der Waals surface area contributed by atoms with Crippen LogP contribution in [0.4, 0.5) is 0 Å². The first-order chi connectivity index (χ1) is 5.60. The first-order valence-corrected chi connectivity index (χ1v) is 3.95. The lowest BCUT2D eigenvalue weighted by Crippen LogP contribution is -2.36. The average molecular weight is 171 g/mol. The van der Waals surface area contributed by atoms with Crippen LogP contribution in [0.3, 0.4) is 0 Å². The lowest BCUT2D eigenvalue weighted by Gasteiger charge is -2.16. The molecule has 0 radical (unpaired) electrons. The van der Waals surface area contributed by atoms with Gasteiger partial charge in [-0.15, -0.1) is 6.58 Å². The zero-order valence-corrected chi connectivity index (χ0v) is 7.62. The Labute approximate surface area is 73.1 Å². The van der Waals surface area contributed by atoms with Gasteiger partial charge in [-0.25, -0.2) is 0 Å². The summed E-state index contributed by atoms with van der Waals surface area (Å²) in [6.45, 7) is 7.61. The molecular weight excluding hydrogens is 154 g/mol. The van der Waals surface area contributed by atoms with Crippen molar-refractivity contribution in [3.8, 4) is 0 Å². The van der Waals surface area contributed by atoms with Gasteiger partial charge in [0.1, 0.15) is 5.84 Å². The molecule has 0 rings (SSSR count). The number of nitrogens with zero attached hydrogens (tertiary/aromatic N) is 1. The predicted octanol–water partition coefficient (Wildman–Crippen LogP) is 0.675. The second kappa shape index (κ2) is 5.60. The summed E-state index contributed by atoms with van der Waals surface area (Å²) in [5, 5.41) is 14.4. The Hall–Kier alpha value is -1.03. The lowest BCUT2D eigenvalue weighted by molar-refractivity contribution is 0.315. The molecule has 0 aliphatic rings. The van der Waals surface area contributed by atoms with Crippen molar-refractivity contribution in [2.24, 2.45) is 10.9 Å². The van der Waals surface area contributed by atoms with E-state index in [9.17, 15) is 0 Å². The number of nitrogens with two attached hydrogens (primary N) is 1. The minimum Gasteiger partial charge on any atom is -0.409 e. The molecule has 0 aliphatic heterocycles. The normalized spacial score (nSPS) is 17.0. The van der Waals surface area contributed by atoms with Crippen molar-refractivity contribution in [3.05, 3.63) is 12.7 Å². The summed E-state index contributed by atoms with van der Waals surface area (Å²) in [7, 11) is 0. The molecule has 2 unspecified atom stereocenters. The molecule has 0 aromatic heterocycles. The molecule has 0 aromatic rings. The molecule has 0 spiro atoms. The van der Waals surface area contributed by atoms with Crippen molar-refractivity contribution in [3.63, 3.8) is 0 Å². The monoisotopic (exact) mass is 171 g/mol. The van der Waals surface area contributed by atoms with Crippen molar-refractivity contribution in [2.75, 3.05) is 0 Å². The van der Waals surface area contributed by atoms with Crippen LogP contribution in [0.25, 0.3) is 0 Å². The second-order valence-electron chi connectivity index (χ2n) is 2.89. The Morgan fingerprint density at radius 3 is 2.75 bits per heavy atom. The average Bonchev–Trinajstić information content (AvgIpc) is 2.03. The minimum absolute atomic E-state index is 0.189. The van der Waals surface area contributed by atoms with Crippen molar-refractivity contribution < 1.29 is 5.21 Å². The van der Waals surface area contributed by atoms with Gasteiger partial charge in [-0.2, -0.15) is 0 Å². The number of nitrogens with one attached hydrogen (secondary N) is 1. The SMILES string of the molecule is C=CC(C)NC(C)C/C(N)=N/O. The third-order valence-electron chi connectivity index (χ3n) is 1.54. The molecule has 0 heterocycles. The number of oxime groups is 1. The third-order valence-corrected chi connectivity index (χ3v) is 1.54. The highest BCUT2D eigenvalue weighted by Gasteiger charge is 2.06. The van der Waals surface area contributed by atoms with Crippen molar-refractivity contribution in [1.82, 2.24) is 5.32 Å². The van der Waals surface area contributed by atoms with Crippen molar-refractivity contribution in [2.45, 2.75) is 32.4 Å². The maximum absolute atomic E-state index is 8.29. The molecule has 0 saturated heterocycles. The molecule has 4 heteroatoms. The zero-order valence-electron chi connectivity index (χ0n) is 7.62. The smallest absolute Gasteiger partial charge is 0.140 e. The Balaban J connectivity index is 3.73. The number of hydrogen-bond donors (Lipinski definition) is 3. The summed E-state index contributed by atoms with van der Waals surface area (Å²) in [4.78, 5) is 0. The van der Waals surface area contributed by atoms with E-state index in [1.807, 2.05) is 19.9 Å². The highest BCUT2D eigenvalue weighted by Crippen LogP contribution is 1.93. The fraction of sp³-hybridized carbons (Fsp3) is 0.625. The van der Waals surface area contributed by atoms with Gasteiger partial charge in [0.05, 0.1) is 0 Å². The maximum atomic E-state index is 8.29. The predicted molar refractivity (Wildman–Crippen MR) is 50.3 cm³/mol. The Kier molecular flexibility index (Phi) is 5.12. The van der Waals surface area contributed by atoms with E-state index in [-0.39, 0.29) is 17.9 Å². The quantitative estimate of drug-likeness (QED) is 0.187. The fourth-order valence-corrected chi connectivity index (χ4v) is 0.930. The summed E-state index contributed by atoms with van der Waals surface area (Å²) in [5.41, 5.74) is 5.33. The minimum atomic E-state index is 0.189. The van der Waals surface area contributed by atoms with Crippen LogP contribution >= 0.6 is 0 Å². The van der Waals surface area contributed by atoms with Gasteiger partial charge in [0.2, 0.25) is 0 Å². The van der Waals surface area contributed by atoms with Crippen LogP contribution in [0, 0.1) is 0 Å². The Bertz CT molecular complexity index is 168. The van der Waals surface area contributed by atoms with Crippen LogP contribution < -0.4 is 11.1 Å². The summed E-state index contributed by atoms with van der Waals surface area (Å²) in [6.07, 6.45) is 2.34. The van der Waals surface area contributed by atoms with Gasteiger partial charge in [0, 0.05) is 18.5 Å². The van der Waals surface area contributed by atoms with Crippen LogP contribution in [0.5, 0.6) is 0 Å². The van der Waals surface area contributed by atoms with Crippen LogP contribution in [0.15, 0.2) is 17.8 Å². The van der Waals surface area contributed by atoms with E-state index < -0.39 is 0 Å². The molecule has 0 amide bonds. The van der Waals surface area contributed by atoms with Gasteiger partial charge in [0.25, 0.3) is 0 Å². The number of hydrogen-bond acceptors (Lipinski definition) is 3. The largest absolute Gasteiger partial charge is 0.409 e. The molecular formula is C8H17N3O. The first-order valence-electron chi connectivity index (χ1n) is 3.95. The van der Waals surface area contributed by atoms with Gasteiger partial charge in [-0.3, -0.25) is 0 Å². The molecule has 0 aromatic carbocycles. The third kappa shape index (κ3) is 4.73. The van der Waals surface area contributed by atoms with Crippen LogP contribution in [-0.4, -0.2) is 23.1 Å². The van der Waals surface area contributed by atoms with E-state index in [1.54, 1.807) is 0 Å². The zero-order chi connectivity index (χ0) is 9.56. The summed E-state index contributed by atoms with van der Waals surface area (Å²) >= 11 is 0. The summed E-state index contributed by atoms with van der Waals surface area (Å²) in [6, 6.07) is 0.431. The highest BCUT2D eigenvalue weighted by atomic mass is 16.4. The standard InChI is InChI=1S/C8H17N3O/c1-4-6(2)10-7(3)5-8(9)11-12/h4,6-7,10,12H,1,5H2,2-3H3,(H2,9,11). The van der Waals surface area contributed by atoms with Gasteiger partial charge in [-0.05, 0) is 13.8 Å². The van der Waals surface area contributed by atoms with Crippen molar-refractivity contribution >= 4 is 5.84 Å². The van der Waals surface area contributed by atoms with Gasteiger partial charge < -0.3 is 16.3 Å². The molecule has 4 N–H and O–H groups in total. The van der Waals surface area contributed by atoms with E-state index in [0.29, 0.717) is 6.42 Å². The highest BCUT2D eigenvalue weighted by molar-refractivity contribution is 5.80. The topological polar surface area (TPSA) is 70.6 Å². The Morgan fingerprint density at radius 2 is 2.33 bits per heavy atom. The van der Waals surface area contributed by atoms with Gasteiger partial charge in [0.15, 0.2) is 0 Å².